The molecule has 1 aliphatic heterocycles. The predicted octanol–water partition coefficient (Wildman–Crippen LogP) is 2.45. The number of benzene rings is 2. The number of aryl methyl sites for hydroxylation is 1. The average Bonchev–Trinajstić information content (AvgIpc) is 2.58. The molecule has 0 aromatic heterocycles. The summed E-state index contributed by atoms with van der Waals surface area (Å²) in [6, 6.07) is 16.0. The van der Waals surface area contributed by atoms with Crippen LogP contribution in [-0.4, -0.2) is 44.2 Å². The van der Waals surface area contributed by atoms with Gasteiger partial charge in [0.15, 0.2) is 9.84 Å². The van der Waals surface area contributed by atoms with Crippen LogP contribution < -0.4 is 4.74 Å². The van der Waals surface area contributed by atoms with Crippen LogP contribution in [0.25, 0.3) is 0 Å². The number of nitrogens with zero attached hydrogens (tertiary/aromatic N) is 1. The van der Waals surface area contributed by atoms with Gasteiger partial charge in [-0.25, -0.2) is 8.42 Å². The van der Waals surface area contributed by atoms with Gasteiger partial charge in [0.1, 0.15) is 11.9 Å². The van der Waals surface area contributed by atoms with Crippen molar-refractivity contribution in [2.75, 3.05) is 18.8 Å². The van der Waals surface area contributed by atoms with Crippen LogP contribution in [0.15, 0.2) is 59.5 Å². The minimum Gasteiger partial charge on any atom is -0.486 e. The Kier molecular flexibility index (Phi) is 5.08. The van der Waals surface area contributed by atoms with E-state index < -0.39 is 9.84 Å². The van der Waals surface area contributed by atoms with E-state index in [0.29, 0.717) is 13.1 Å². The highest BCUT2D eigenvalue weighted by atomic mass is 32.2. The van der Waals surface area contributed by atoms with Crippen LogP contribution in [0.5, 0.6) is 5.75 Å². The number of likely N-dealkylation sites (tertiary alicyclic amines) is 1. The van der Waals surface area contributed by atoms with Crippen molar-refractivity contribution in [1.29, 1.82) is 0 Å². The third-order valence-electron chi connectivity index (χ3n) is 4.27. The van der Waals surface area contributed by atoms with Gasteiger partial charge in [0.25, 0.3) is 0 Å². The van der Waals surface area contributed by atoms with Crippen LogP contribution in [-0.2, 0) is 14.6 Å². The van der Waals surface area contributed by atoms with Crippen LogP contribution in [0.3, 0.4) is 0 Å². The minimum absolute atomic E-state index is 0.00564. The zero-order valence-corrected chi connectivity index (χ0v) is 14.9. The Morgan fingerprint density at radius 2 is 1.72 bits per heavy atom. The monoisotopic (exact) mass is 359 g/mol. The zero-order valence-electron chi connectivity index (χ0n) is 14.1. The second-order valence-electron chi connectivity index (χ2n) is 6.19. The number of amides is 1. The molecule has 2 aromatic rings. The highest BCUT2D eigenvalue weighted by molar-refractivity contribution is 7.91. The second-order valence-corrected chi connectivity index (χ2v) is 8.30. The molecule has 1 amide bonds. The lowest BCUT2D eigenvalue weighted by atomic mass is 10.1. The molecule has 5 nitrogen and oxygen atoms in total. The van der Waals surface area contributed by atoms with Crippen molar-refractivity contribution in [3.8, 4) is 5.75 Å². The van der Waals surface area contributed by atoms with E-state index in [4.69, 9.17) is 4.74 Å². The molecule has 0 saturated carbocycles. The molecule has 0 N–H and O–H groups in total. The fourth-order valence-electron chi connectivity index (χ4n) is 2.71. The van der Waals surface area contributed by atoms with E-state index in [1.807, 2.05) is 31.2 Å². The van der Waals surface area contributed by atoms with E-state index in [1.165, 1.54) is 0 Å². The predicted molar refractivity (Wildman–Crippen MR) is 95.3 cm³/mol. The number of hydrogen-bond donors (Lipinski definition) is 0. The Morgan fingerprint density at radius 3 is 2.40 bits per heavy atom. The van der Waals surface area contributed by atoms with Crippen molar-refractivity contribution < 1.29 is 17.9 Å². The van der Waals surface area contributed by atoms with Gasteiger partial charge in [0.05, 0.1) is 23.7 Å². The van der Waals surface area contributed by atoms with Gasteiger partial charge in [-0.2, -0.15) is 0 Å². The molecule has 0 spiro atoms. The SMILES string of the molecule is Cc1ccccc1OC1CN(C(=O)CCS(=O)(=O)c2ccccc2)C1. The molecule has 1 saturated heterocycles. The summed E-state index contributed by atoms with van der Waals surface area (Å²) in [4.78, 5) is 14.1. The number of carbonyl (C=O) groups excluding carboxylic acids is 1. The van der Waals surface area contributed by atoms with Gasteiger partial charge >= 0.3 is 0 Å². The molecule has 3 rings (SSSR count). The first-order valence-electron chi connectivity index (χ1n) is 8.23. The lowest BCUT2D eigenvalue weighted by Gasteiger charge is -2.39. The molecule has 1 heterocycles. The zero-order chi connectivity index (χ0) is 17.9. The van der Waals surface area contributed by atoms with E-state index >= 15 is 0 Å². The van der Waals surface area contributed by atoms with Gasteiger partial charge in [-0.05, 0) is 30.7 Å². The maximum atomic E-state index is 12.2. The first-order valence-corrected chi connectivity index (χ1v) is 9.89. The van der Waals surface area contributed by atoms with Crippen LogP contribution in [0.4, 0.5) is 0 Å². The topological polar surface area (TPSA) is 63.7 Å². The van der Waals surface area contributed by atoms with Gasteiger partial charge in [-0.15, -0.1) is 0 Å². The van der Waals surface area contributed by atoms with Crippen LogP contribution in [0, 0.1) is 6.92 Å². The summed E-state index contributed by atoms with van der Waals surface area (Å²) in [6.45, 7) is 2.97. The smallest absolute Gasteiger partial charge is 0.223 e. The third kappa shape index (κ3) is 4.20. The number of rotatable bonds is 6. The van der Waals surface area contributed by atoms with Gasteiger partial charge in [-0.3, -0.25) is 4.79 Å². The first kappa shape index (κ1) is 17.5. The van der Waals surface area contributed by atoms with Crippen LogP contribution in [0.2, 0.25) is 0 Å². The average molecular weight is 359 g/mol. The standard InChI is InChI=1S/C19H21NO4S/c1-15-7-5-6-10-18(15)24-16-13-20(14-16)19(21)11-12-25(22,23)17-8-3-2-4-9-17/h2-10,16H,11-14H2,1H3. The summed E-state index contributed by atoms with van der Waals surface area (Å²) in [6.07, 6.45) is -0.0373. The summed E-state index contributed by atoms with van der Waals surface area (Å²) in [7, 11) is -3.42. The number of para-hydroxylation sites is 1. The normalized spacial score (nSPS) is 14.8. The number of ether oxygens (including phenoxy) is 1. The molecule has 1 aliphatic rings. The van der Waals surface area contributed by atoms with Crippen molar-refractivity contribution in [2.24, 2.45) is 0 Å². The summed E-state index contributed by atoms with van der Waals surface area (Å²) in [5.74, 6) is 0.505. The fourth-order valence-corrected chi connectivity index (χ4v) is 3.96. The molecule has 132 valence electrons. The molecule has 2 aromatic carbocycles. The van der Waals surface area contributed by atoms with Crippen LogP contribution >= 0.6 is 0 Å². The van der Waals surface area contributed by atoms with E-state index in [2.05, 4.69) is 0 Å². The number of sulfone groups is 1. The van der Waals surface area contributed by atoms with Crippen molar-refractivity contribution in [3.63, 3.8) is 0 Å². The minimum atomic E-state index is -3.42. The quantitative estimate of drug-likeness (QED) is 0.795. The molecule has 1 fully saturated rings. The Hall–Kier alpha value is -2.34. The Bertz CT molecular complexity index is 843. The second kappa shape index (κ2) is 7.27. The summed E-state index contributed by atoms with van der Waals surface area (Å²) in [5, 5.41) is 0. The molecule has 0 atom stereocenters. The van der Waals surface area contributed by atoms with E-state index in [1.54, 1.807) is 35.2 Å². The largest absolute Gasteiger partial charge is 0.486 e. The first-order chi connectivity index (χ1) is 12.0. The highest BCUT2D eigenvalue weighted by Gasteiger charge is 2.32. The van der Waals surface area contributed by atoms with Gasteiger partial charge in [-0.1, -0.05) is 36.4 Å². The molecule has 6 heteroatoms. The molecule has 0 bridgehead atoms. The molecule has 25 heavy (non-hydrogen) atoms. The number of carbonyl (C=O) groups is 1. The Balaban J connectivity index is 1.47. The molecule has 0 unspecified atom stereocenters. The molecular formula is C19H21NO4S. The maximum absolute atomic E-state index is 12.2. The molecule has 0 radical (unpaired) electrons. The number of hydrogen-bond acceptors (Lipinski definition) is 4. The lowest BCUT2D eigenvalue weighted by Crippen LogP contribution is -2.56. The summed E-state index contributed by atoms with van der Waals surface area (Å²) >= 11 is 0. The third-order valence-corrected chi connectivity index (χ3v) is 6.01. The Morgan fingerprint density at radius 1 is 1.08 bits per heavy atom. The summed E-state index contributed by atoms with van der Waals surface area (Å²) in [5.41, 5.74) is 1.06. The van der Waals surface area contributed by atoms with E-state index in [9.17, 15) is 13.2 Å². The van der Waals surface area contributed by atoms with Gasteiger partial charge in [0, 0.05) is 6.42 Å². The van der Waals surface area contributed by atoms with Crippen molar-refractivity contribution in [3.05, 3.63) is 60.2 Å². The lowest BCUT2D eigenvalue weighted by molar-refractivity contribution is -0.139. The highest BCUT2D eigenvalue weighted by Crippen LogP contribution is 2.22. The summed E-state index contributed by atoms with van der Waals surface area (Å²) < 4.78 is 30.3. The van der Waals surface area contributed by atoms with Crippen LogP contribution in [0.1, 0.15) is 12.0 Å². The van der Waals surface area contributed by atoms with Crippen molar-refractivity contribution in [1.82, 2.24) is 4.90 Å². The Labute approximate surface area is 148 Å². The molecular weight excluding hydrogens is 338 g/mol. The van der Waals surface area contributed by atoms with Crippen molar-refractivity contribution in [2.45, 2.75) is 24.3 Å². The van der Waals surface area contributed by atoms with Gasteiger partial charge < -0.3 is 9.64 Å². The van der Waals surface area contributed by atoms with E-state index in [0.717, 1.165) is 11.3 Å². The van der Waals surface area contributed by atoms with Crippen molar-refractivity contribution >= 4 is 15.7 Å². The van der Waals surface area contributed by atoms with E-state index in [-0.39, 0.29) is 29.1 Å². The van der Waals surface area contributed by atoms with Gasteiger partial charge in [0.2, 0.25) is 5.91 Å². The maximum Gasteiger partial charge on any atom is 0.223 e. The molecule has 0 aliphatic carbocycles. The fraction of sp³-hybridized carbons (Fsp3) is 0.316.